The highest BCUT2D eigenvalue weighted by atomic mass is 32.1. The first kappa shape index (κ1) is 28.2. The number of aliphatic hydroxyl groups excluding tert-OH is 2. The zero-order valence-electron chi connectivity index (χ0n) is 20.2. The Morgan fingerprint density at radius 2 is 1.92 bits per heavy atom. The van der Waals surface area contributed by atoms with Crippen LogP contribution in [0.3, 0.4) is 0 Å². The van der Waals surface area contributed by atoms with Crippen molar-refractivity contribution < 1.29 is 38.1 Å². The second kappa shape index (κ2) is 11.8. The van der Waals surface area contributed by atoms with E-state index in [4.69, 9.17) is 30.7 Å². The Bertz CT molecular complexity index is 1220. The van der Waals surface area contributed by atoms with Gasteiger partial charge in [0, 0.05) is 11.8 Å². The maximum Gasteiger partial charge on any atom is 0.459 e. The molecule has 2 aromatic rings. The van der Waals surface area contributed by atoms with Crippen molar-refractivity contribution in [3.63, 3.8) is 0 Å². The molecule has 0 amide bonds. The molecule has 4 N–H and O–H groups in total. The second-order valence-corrected chi connectivity index (χ2v) is 10.7. The molecular weight excluding hydrogens is 513 g/mol. The zero-order chi connectivity index (χ0) is 26.6. The van der Waals surface area contributed by atoms with E-state index >= 15 is 0 Å². The van der Waals surface area contributed by atoms with E-state index in [0.29, 0.717) is 5.56 Å². The lowest BCUT2D eigenvalue weighted by Gasteiger charge is -2.25. The van der Waals surface area contributed by atoms with E-state index in [1.165, 1.54) is 13.1 Å². The molecule has 1 aromatic carbocycles. The number of esters is 1. The Morgan fingerprint density at radius 1 is 1.25 bits per heavy atom. The number of ether oxygens (including phenoxy) is 2. The first-order chi connectivity index (χ1) is 16.9. The van der Waals surface area contributed by atoms with Gasteiger partial charge >= 0.3 is 19.4 Å². The molecule has 1 aromatic heterocycles. The van der Waals surface area contributed by atoms with Gasteiger partial charge in [-0.3, -0.25) is 18.9 Å². The summed E-state index contributed by atoms with van der Waals surface area (Å²) in [5.41, 5.74) is -0.0810. The van der Waals surface area contributed by atoms with E-state index < -0.39 is 62.7 Å². The molecule has 1 fully saturated rings. The summed E-state index contributed by atoms with van der Waals surface area (Å²) in [6.07, 6.45) is -4.42. The van der Waals surface area contributed by atoms with Crippen LogP contribution in [0.2, 0.25) is 0 Å². The molecule has 2 heterocycles. The van der Waals surface area contributed by atoms with Crippen LogP contribution in [0.15, 0.2) is 41.3 Å². The molecular formula is C22H30N3O9PS. The number of carbonyl (C=O) groups excluding carboxylic acids is 1. The van der Waals surface area contributed by atoms with Crippen molar-refractivity contribution in [1.29, 1.82) is 0 Å². The minimum Gasteiger partial charge on any atom is -0.462 e. The number of para-hydroxylation sites is 1. The van der Waals surface area contributed by atoms with Crippen LogP contribution in [-0.2, 0) is 23.4 Å². The summed E-state index contributed by atoms with van der Waals surface area (Å²) < 4.78 is 36.8. The largest absolute Gasteiger partial charge is 0.462 e. The summed E-state index contributed by atoms with van der Waals surface area (Å²) in [5.74, 6) is -0.473. The monoisotopic (exact) mass is 543 g/mol. The van der Waals surface area contributed by atoms with Gasteiger partial charge in [-0.15, -0.1) is 0 Å². The van der Waals surface area contributed by atoms with Gasteiger partial charge in [-0.05, 0) is 39.8 Å². The van der Waals surface area contributed by atoms with Crippen LogP contribution >= 0.6 is 20.0 Å². The molecule has 3 rings (SSSR count). The molecule has 2 unspecified atom stereocenters. The highest BCUT2D eigenvalue weighted by molar-refractivity contribution is 7.71. The summed E-state index contributed by atoms with van der Waals surface area (Å²) in [7, 11) is -4.22. The molecule has 6 atom stereocenters. The quantitative estimate of drug-likeness (QED) is 0.197. The number of H-pyrrole nitrogens is 1. The number of hydrogen-bond acceptors (Lipinski definition) is 10. The molecule has 198 valence electrons. The summed E-state index contributed by atoms with van der Waals surface area (Å²) >= 11 is 5.04. The van der Waals surface area contributed by atoms with E-state index in [1.807, 2.05) is 0 Å². The molecule has 0 radical (unpaired) electrons. The van der Waals surface area contributed by atoms with Crippen molar-refractivity contribution in [3.05, 3.63) is 57.2 Å². The van der Waals surface area contributed by atoms with Crippen LogP contribution < -0.4 is 15.3 Å². The minimum atomic E-state index is -4.22. The van der Waals surface area contributed by atoms with Crippen LogP contribution in [0.5, 0.6) is 5.75 Å². The second-order valence-electron chi connectivity index (χ2n) is 8.56. The minimum absolute atomic E-state index is 0.199. The van der Waals surface area contributed by atoms with Crippen molar-refractivity contribution in [2.75, 3.05) is 6.61 Å². The van der Waals surface area contributed by atoms with E-state index in [9.17, 15) is 24.4 Å². The molecule has 14 heteroatoms. The number of rotatable bonds is 10. The van der Waals surface area contributed by atoms with Gasteiger partial charge in [0.2, 0.25) is 0 Å². The molecule has 1 saturated heterocycles. The number of carbonyl (C=O) groups is 1. The highest BCUT2D eigenvalue weighted by Crippen LogP contribution is 2.46. The molecule has 0 aliphatic carbocycles. The first-order valence-corrected chi connectivity index (χ1v) is 13.2. The fourth-order valence-electron chi connectivity index (χ4n) is 3.38. The number of hydrogen-bond donors (Lipinski definition) is 4. The number of aromatic nitrogens is 2. The Balaban J connectivity index is 1.77. The van der Waals surface area contributed by atoms with Gasteiger partial charge in [0.25, 0.3) is 0 Å². The average molecular weight is 544 g/mol. The van der Waals surface area contributed by atoms with Crippen molar-refractivity contribution in [2.45, 2.75) is 64.4 Å². The number of aryl methyl sites for hydroxylation is 1. The summed E-state index contributed by atoms with van der Waals surface area (Å²) in [6.45, 7) is 5.95. The van der Waals surface area contributed by atoms with Gasteiger partial charge < -0.3 is 24.2 Å². The number of nitrogens with one attached hydrogen (secondary N) is 2. The van der Waals surface area contributed by atoms with E-state index in [1.54, 1.807) is 51.1 Å². The van der Waals surface area contributed by atoms with Crippen molar-refractivity contribution in [3.8, 4) is 5.75 Å². The van der Waals surface area contributed by atoms with Crippen LogP contribution in [0.1, 0.15) is 32.6 Å². The van der Waals surface area contributed by atoms with Gasteiger partial charge in [-0.2, -0.15) is 5.09 Å². The number of aromatic amines is 1. The van der Waals surface area contributed by atoms with Crippen molar-refractivity contribution >= 4 is 25.9 Å². The molecule has 0 spiro atoms. The molecule has 1 aliphatic rings. The maximum atomic E-state index is 13.6. The Hall–Kier alpha value is -2.38. The van der Waals surface area contributed by atoms with Gasteiger partial charge in [-0.1, -0.05) is 30.4 Å². The molecule has 0 saturated carbocycles. The van der Waals surface area contributed by atoms with E-state index in [-0.39, 0.29) is 10.4 Å². The molecule has 1 aliphatic heterocycles. The number of nitrogens with zero attached hydrogens (tertiary/aromatic N) is 1. The van der Waals surface area contributed by atoms with E-state index in [0.717, 1.165) is 4.57 Å². The average Bonchev–Trinajstić information content (AvgIpc) is 3.08. The predicted octanol–water partition coefficient (Wildman–Crippen LogP) is 1.97. The van der Waals surface area contributed by atoms with Gasteiger partial charge in [-0.25, -0.2) is 9.36 Å². The van der Waals surface area contributed by atoms with Gasteiger partial charge in [0.05, 0.1) is 12.7 Å². The first-order valence-electron chi connectivity index (χ1n) is 11.2. The van der Waals surface area contributed by atoms with Crippen LogP contribution in [0.4, 0.5) is 0 Å². The van der Waals surface area contributed by atoms with E-state index in [2.05, 4.69) is 10.1 Å². The predicted molar refractivity (Wildman–Crippen MR) is 131 cm³/mol. The fourth-order valence-corrected chi connectivity index (χ4v) is 5.02. The fraction of sp³-hybridized carbons (Fsp3) is 0.500. The van der Waals surface area contributed by atoms with Gasteiger partial charge in [0.1, 0.15) is 34.7 Å². The summed E-state index contributed by atoms with van der Waals surface area (Å²) in [4.78, 5) is 27.1. The standard InChI is InChI=1S/C22H30N3O9PS/c1-12(2)32-21(28)14(4)24-35(30,34-15-8-6-5-7-9-15)31-11-16-17(26)18(27)20(33-16)25-10-13(3)19(36)23-22(25)29/h5-10,12,14,16-18,20,26-27H,11H2,1-4H3,(H,24,30)(H,23,29,36)/t14-,16-,17+,18?,20-,35?/m0/s1. The Labute approximate surface area is 212 Å². The highest BCUT2D eigenvalue weighted by Gasteiger charge is 2.46. The molecule has 36 heavy (non-hydrogen) atoms. The Kier molecular flexibility index (Phi) is 9.23. The Morgan fingerprint density at radius 3 is 2.56 bits per heavy atom. The van der Waals surface area contributed by atoms with Crippen molar-refractivity contribution in [2.24, 2.45) is 0 Å². The normalized spacial score (nSPS) is 24.3. The number of aliphatic hydroxyl groups is 2. The lowest BCUT2D eigenvalue weighted by atomic mass is 10.1. The van der Waals surface area contributed by atoms with Crippen molar-refractivity contribution in [1.82, 2.24) is 14.6 Å². The third-order valence-electron chi connectivity index (χ3n) is 5.19. The third-order valence-corrected chi connectivity index (χ3v) is 7.26. The van der Waals surface area contributed by atoms with Crippen LogP contribution in [0.25, 0.3) is 0 Å². The lowest BCUT2D eigenvalue weighted by molar-refractivity contribution is -0.149. The smallest absolute Gasteiger partial charge is 0.459 e. The molecule has 12 nitrogen and oxygen atoms in total. The lowest BCUT2D eigenvalue weighted by Crippen LogP contribution is -2.38. The zero-order valence-corrected chi connectivity index (χ0v) is 21.9. The van der Waals surface area contributed by atoms with Crippen LogP contribution in [-0.4, -0.2) is 62.8 Å². The van der Waals surface area contributed by atoms with Gasteiger partial charge in [0.15, 0.2) is 6.23 Å². The van der Waals surface area contributed by atoms with Crippen LogP contribution in [0, 0.1) is 11.6 Å². The SMILES string of the molecule is Cc1cn([C@H]2O[C@@H](COP(=O)(N[C@@H](C)C(=O)OC(C)C)Oc3ccccc3)[C@@H](O)C2O)c(=O)[nH]c1=S. The molecule has 0 bridgehead atoms. The maximum absolute atomic E-state index is 13.6. The summed E-state index contributed by atoms with van der Waals surface area (Å²) in [5, 5.41) is 23.6. The third kappa shape index (κ3) is 6.88. The number of benzene rings is 1. The summed E-state index contributed by atoms with van der Waals surface area (Å²) in [6, 6.07) is 7.08. The topological polar surface area (TPSA) is 161 Å².